The number of rotatable bonds is 6. The van der Waals surface area contributed by atoms with E-state index in [9.17, 15) is 0 Å². The van der Waals surface area contributed by atoms with Crippen molar-refractivity contribution in [2.24, 2.45) is 0 Å². The lowest BCUT2D eigenvalue weighted by molar-refractivity contribution is 0.0206. The van der Waals surface area contributed by atoms with E-state index in [2.05, 4.69) is 5.32 Å². The highest BCUT2D eigenvalue weighted by Crippen LogP contribution is 2.29. The Balaban J connectivity index is 2.07. The summed E-state index contributed by atoms with van der Waals surface area (Å²) < 4.78 is 16.9. The quantitative estimate of drug-likeness (QED) is 0.869. The average Bonchev–Trinajstić information content (AvgIpc) is 2.49. The Bertz CT molecular complexity index is 422. The van der Waals surface area contributed by atoms with Gasteiger partial charge < -0.3 is 19.5 Å². The van der Waals surface area contributed by atoms with Crippen molar-refractivity contribution in [1.82, 2.24) is 5.32 Å². The molecule has 2 rings (SSSR count). The summed E-state index contributed by atoms with van der Waals surface area (Å²) in [6.07, 6.45) is 4.97. The fraction of sp³-hybridized carbons (Fsp3) is 0.625. The maximum absolute atomic E-state index is 6.20. The molecule has 1 N–H and O–H groups in total. The standard InChI is InChI=1S/C16H25NO3/c1-17-11-12-9-14(19-3)7-8-16(12)20-15-6-4-5-13(10-15)18-2/h7-9,13,15,17H,4-6,10-11H2,1-3H3. The molecule has 0 saturated heterocycles. The molecule has 1 aromatic rings. The monoisotopic (exact) mass is 279 g/mol. The summed E-state index contributed by atoms with van der Waals surface area (Å²) in [7, 11) is 5.40. The van der Waals surface area contributed by atoms with Crippen LogP contribution in [0.3, 0.4) is 0 Å². The molecule has 1 fully saturated rings. The van der Waals surface area contributed by atoms with Crippen molar-refractivity contribution in [1.29, 1.82) is 0 Å². The number of ether oxygens (including phenoxy) is 3. The zero-order valence-electron chi connectivity index (χ0n) is 12.6. The molecule has 0 heterocycles. The molecule has 0 spiro atoms. The number of hydrogen-bond donors (Lipinski definition) is 1. The van der Waals surface area contributed by atoms with Crippen LogP contribution in [0.5, 0.6) is 11.5 Å². The first-order valence-electron chi connectivity index (χ1n) is 7.27. The van der Waals surface area contributed by atoms with Gasteiger partial charge in [-0.2, -0.15) is 0 Å². The minimum absolute atomic E-state index is 0.248. The van der Waals surface area contributed by atoms with Gasteiger partial charge in [-0.1, -0.05) is 0 Å². The first kappa shape index (κ1) is 15.1. The van der Waals surface area contributed by atoms with Crippen molar-refractivity contribution < 1.29 is 14.2 Å². The van der Waals surface area contributed by atoms with Crippen LogP contribution in [0.25, 0.3) is 0 Å². The van der Waals surface area contributed by atoms with Crippen LogP contribution < -0.4 is 14.8 Å². The Morgan fingerprint density at radius 1 is 1.20 bits per heavy atom. The molecule has 2 unspecified atom stereocenters. The van der Waals surface area contributed by atoms with E-state index >= 15 is 0 Å². The second kappa shape index (κ2) is 7.50. The van der Waals surface area contributed by atoms with Gasteiger partial charge in [-0.05, 0) is 44.5 Å². The lowest BCUT2D eigenvalue weighted by Crippen LogP contribution is -2.29. The predicted molar refractivity (Wildman–Crippen MR) is 79.4 cm³/mol. The van der Waals surface area contributed by atoms with Crippen molar-refractivity contribution in [3.05, 3.63) is 23.8 Å². The zero-order valence-corrected chi connectivity index (χ0v) is 12.6. The summed E-state index contributed by atoms with van der Waals surface area (Å²) in [5.41, 5.74) is 1.13. The van der Waals surface area contributed by atoms with Crippen LogP contribution in [-0.4, -0.2) is 33.5 Å². The molecular formula is C16H25NO3. The Hall–Kier alpha value is -1.26. The summed E-state index contributed by atoms with van der Waals surface area (Å²) >= 11 is 0. The van der Waals surface area contributed by atoms with Crippen molar-refractivity contribution in [3.8, 4) is 11.5 Å². The van der Waals surface area contributed by atoms with E-state index in [1.807, 2.05) is 25.2 Å². The predicted octanol–water partition coefficient (Wildman–Crippen LogP) is 2.75. The molecule has 112 valence electrons. The largest absolute Gasteiger partial charge is 0.497 e. The van der Waals surface area contributed by atoms with Crippen LogP contribution in [0, 0.1) is 0 Å². The van der Waals surface area contributed by atoms with E-state index in [1.165, 1.54) is 6.42 Å². The average molecular weight is 279 g/mol. The van der Waals surface area contributed by atoms with Crippen LogP contribution in [-0.2, 0) is 11.3 Å². The number of hydrogen-bond acceptors (Lipinski definition) is 4. The molecule has 0 aliphatic heterocycles. The fourth-order valence-electron chi connectivity index (χ4n) is 2.73. The zero-order chi connectivity index (χ0) is 14.4. The van der Waals surface area contributed by atoms with Crippen molar-refractivity contribution in [3.63, 3.8) is 0 Å². The van der Waals surface area contributed by atoms with Crippen LogP contribution in [0.15, 0.2) is 18.2 Å². The number of nitrogens with one attached hydrogen (secondary N) is 1. The molecule has 1 saturated carbocycles. The smallest absolute Gasteiger partial charge is 0.124 e. The topological polar surface area (TPSA) is 39.7 Å². The summed E-state index contributed by atoms with van der Waals surface area (Å²) in [6.45, 7) is 0.771. The van der Waals surface area contributed by atoms with Crippen molar-refractivity contribution >= 4 is 0 Å². The van der Waals surface area contributed by atoms with Crippen LogP contribution in [0.1, 0.15) is 31.2 Å². The molecule has 0 radical (unpaired) electrons. The summed E-state index contributed by atoms with van der Waals surface area (Å²) in [5, 5.41) is 3.17. The third kappa shape index (κ3) is 3.87. The molecule has 0 bridgehead atoms. The fourth-order valence-corrected chi connectivity index (χ4v) is 2.73. The molecule has 1 aliphatic carbocycles. The molecular weight excluding hydrogens is 254 g/mol. The molecule has 4 nitrogen and oxygen atoms in total. The first-order chi connectivity index (χ1) is 9.76. The molecule has 0 aromatic heterocycles. The van der Waals surface area contributed by atoms with Gasteiger partial charge in [-0.25, -0.2) is 0 Å². The maximum atomic E-state index is 6.20. The number of benzene rings is 1. The van der Waals surface area contributed by atoms with Gasteiger partial charge in [0.25, 0.3) is 0 Å². The molecule has 1 aliphatic rings. The molecule has 2 atom stereocenters. The normalized spacial score (nSPS) is 22.6. The van der Waals surface area contributed by atoms with Gasteiger partial charge in [-0.3, -0.25) is 0 Å². The first-order valence-corrected chi connectivity index (χ1v) is 7.27. The van der Waals surface area contributed by atoms with Crippen LogP contribution >= 0.6 is 0 Å². The second-order valence-corrected chi connectivity index (χ2v) is 5.27. The SMILES string of the molecule is CNCc1cc(OC)ccc1OC1CCCC(OC)C1. The highest BCUT2D eigenvalue weighted by molar-refractivity contribution is 5.40. The minimum atomic E-state index is 0.248. The van der Waals surface area contributed by atoms with E-state index in [-0.39, 0.29) is 6.10 Å². The molecule has 4 heteroatoms. The Labute approximate surface area is 121 Å². The molecule has 1 aromatic carbocycles. The van der Waals surface area contributed by atoms with Gasteiger partial charge in [-0.15, -0.1) is 0 Å². The third-order valence-corrected chi connectivity index (χ3v) is 3.84. The van der Waals surface area contributed by atoms with Crippen LogP contribution in [0.2, 0.25) is 0 Å². The van der Waals surface area contributed by atoms with E-state index in [1.54, 1.807) is 14.2 Å². The van der Waals surface area contributed by atoms with E-state index in [0.29, 0.717) is 6.10 Å². The molecule has 20 heavy (non-hydrogen) atoms. The minimum Gasteiger partial charge on any atom is -0.497 e. The summed E-state index contributed by atoms with van der Waals surface area (Å²) in [4.78, 5) is 0. The van der Waals surface area contributed by atoms with Gasteiger partial charge in [0.2, 0.25) is 0 Å². The van der Waals surface area contributed by atoms with Crippen molar-refractivity contribution in [2.45, 2.75) is 44.4 Å². The van der Waals surface area contributed by atoms with Crippen molar-refractivity contribution in [2.75, 3.05) is 21.3 Å². The lowest BCUT2D eigenvalue weighted by Gasteiger charge is -2.29. The van der Waals surface area contributed by atoms with E-state index < -0.39 is 0 Å². The summed E-state index contributed by atoms with van der Waals surface area (Å²) in [6, 6.07) is 5.98. The van der Waals surface area contributed by atoms with E-state index in [0.717, 1.165) is 42.9 Å². The Morgan fingerprint density at radius 2 is 2.00 bits per heavy atom. The highest BCUT2D eigenvalue weighted by atomic mass is 16.5. The van der Waals surface area contributed by atoms with Crippen LogP contribution in [0.4, 0.5) is 0 Å². The van der Waals surface area contributed by atoms with Gasteiger partial charge in [0.05, 0.1) is 13.2 Å². The Kier molecular flexibility index (Phi) is 5.68. The van der Waals surface area contributed by atoms with Gasteiger partial charge in [0.15, 0.2) is 0 Å². The van der Waals surface area contributed by atoms with E-state index in [4.69, 9.17) is 14.2 Å². The second-order valence-electron chi connectivity index (χ2n) is 5.27. The lowest BCUT2D eigenvalue weighted by atomic mass is 9.95. The molecule has 0 amide bonds. The number of methoxy groups -OCH3 is 2. The summed E-state index contributed by atoms with van der Waals surface area (Å²) in [5.74, 6) is 1.81. The van der Waals surface area contributed by atoms with Gasteiger partial charge in [0.1, 0.15) is 17.6 Å². The van der Waals surface area contributed by atoms with Gasteiger partial charge >= 0.3 is 0 Å². The third-order valence-electron chi connectivity index (χ3n) is 3.84. The maximum Gasteiger partial charge on any atom is 0.124 e. The highest BCUT2D eigenvalue weighted by Gasteiger charge is 2.23. The Morgan fingerprint density at radius 3 is 2.70 bits per heavy atom. The van der Waals surface area contributed by atoms with Gasteiger partial charge in [0, 0.05) is 25.6 Å².